The Morgan fingerprint density at radius 2 is 2.16 bits per heavy atom. The molecule has 1 heterocycles. The van der Waals surface area contributed by atoms with E-state index in [0.29, 0.717) is 18.2 Å². The maximum Gasteiger partial charge on any atom is 0.0674 e. The molecule has 1 aliphatic rings. The summed E-state index contributed by atoms with van der Waals surface area (Å²) >= 11 is 0. The summed E-state index contributed by atoms with van der Waals surface area (Å²) in [7, 11) is 0. The van der Waals surface area contributed by atoms with Gasteiger partial charge in [0.15, 0.2) is 0 Å². The minimum Gasteiger partial charge on any atom is -0.394 e. The summed E-state index contributed by atoms with van der Waals surface area (Å²) in [6, 6.07) is 0.906. The van der Waals surface area contributed by atoms with E-state index in [1.165, 1.54) is 0 Å². The molecule has 1 fully saturated rings. The molecule has 1 saturated heterocycles. The Hall–Kier alpha value is -0.160. The molecular weight excluding hydrogens is 240 g/mol. The van der Waals surface area contributed by atoms with E-state index in [4.69, 9.17) is 4.74 Å². The highest BCUT2D eigenvalue weighted by Crippen LogP contribution is 2.21. The zero-order valence-corrected chi connectivity index (χ0v) is 13.3. The first-order valence-electron chi connectivity index (χ1n) is 7.65. The fraction of sp³-hybridized carbons (Fsp3) is 1.00. The molecule has 0 radical (unpaired) electrons. The van der Waals surface area contributed by atoms with Crippen LogP contribution in [-0.4, -0.2) is 60.0 Å². The molecule has 0 aliphatic carbocycles. The topological polar surface area (TPSA) is 44.7 Å². The Labute approximate surface area is 118 Å². The van der Waals surface area contributed by atoms with E-state index in [-0.39, 0.29) is 12.1 Å². The van der Waals surface area contributed by atoms with Crippen LogP contribution < -0.4 is 5.32 Å². The number of ether oxygens (including phenoxy) is 1. The van der Waals surface area contributed by atoms with E-state index in [1.807, 2.05) is 0 Å². The quantitative estimate of drug-likeness (QED) is 0.739. The molecule has 19 heavy (non-hydrogen) atoms. The molecule has 0 saturated carbocycles. The fourth-order valence-electron chi connectivity index (χ4n) is 2.93. The lowest BCUT2D eigenvalue weighted by molar-refractivity contribution is -0.0686. The maximum atomic E-state index is 9.67. The lowest BCUT2D eigenvalue weighted by atomic mass is 9.92. The van der Waals surface area contributed by atoms with Crippen molar-refractivity contribution in [2.45, 2.75) is 71.2 Å². The van der Waals surface area contributed by atoms with Crippen LogP contribution in [0.2, 0.25) is 0 Å². The Morgan fingerprint density at radius 3 is 2.74 bits per heavy atom. The van der Waals surface area contributed by atoms with Crippen LogP contribution in [0.25, 0.3) is 0 Å². The molecule has 4 nitrogen and oxygen atoms in total. The summed E-state index contributed by atoms with van der Waals surface area (Å²) in [5.41, 5.74) is -0.184. The molecule has 0 aromatic heterocycles. The summed E-state index contributed by atoms with van der Waals surface area (Å²) in [6.45, 7) is 13.8. The third-order valence-electron chi connectivity index (χ3n) is 4.12. The third-order valence-corrected chi connectivity index (χ3v) is 4.12. The van der Waals surface area contributed by atoms with Crippen molar-refractivity contribution in [1.82, 2.24) is 10.2 Å². The normalized spacial score (nSPS) is 30.0. The standard InChI is InChI=1S/C15H32N2O2/c1-6-7-16-15(5,11-18)8-12(2)17-9-14(4)19-10-13(17)3/h12-14,16,18H,6-11H2,1-5H3. The number of morpholine rings is 1. The molecule has 0 aromatic carbocycles. The number of aliphatic hydroxyl groups is 1. The summed E-state index contributed by atoms with van der Waals surface area (Å²) in [5.74, 6) is 0. The van der Waals surface area contributed by atoms with Crippen molar-refractivity contribution in [2.24, 2.45) is 0 Å². The molecule has 0 aromatic rings. The van der Waals surface area contributed by atoms with Crippen LogP contribution in [0.4, 0.5) is 0 Å². The molecule has 1 rings (SSSR count). The van der Waals surface area contributed by atoms with E-state index in [9.17, 15) is 5.11 Å². The van der Waals surface area contributed by atoms with Crippen molar-refractivity contribution in [2.75, 3.05) is 26.3 Å². The molecule has 0 spiro atoms. The number of hydrogen-bond acceptors (Lipinski definition) is 4. The highest BCUT2D eigenvalue weighted by Gasteiger charge is 2.32. The van der Waals surface area contributed by atoms with Crippen LogP contribution in [-0.2, 0) is 4.74 Å². The first-order valence-corrected chi connectivity index (χ1v) is 7.65. The average Bonchev–Trinajstić information content (AvgIpc) is 2.39. The Morgan fingerprint density at radius 1 is 1.47 bits per heavy atom. The van der Waals surface area contributed by atoms with Gasteiger partial charge in [0.1, 0.15) is 0 Å². The highest BCUT2D eigenvalue weighted by molar-refractivity contribution is 4.89. The van der Waals surface area contributed by atoms with Gasteiger partial charge >= 0.3 is 0 Å². The number of nitrogens with one attached hydrogen (secondary N) is 1. The van der Waals surface area contributed by atoms with Crippen LogP contribution in [0.15, 0.2) is 0 Å². The summed E-state index contributed by atoms with van der Waals surface area (Å²) in [6.07, 6.45) is 2.36. The summed E-state index contributed by atoms with van der Waals surface area (Å²) in [4.78, 5) is 2.51. The predicted octanol–water partition coefficient (Wildman–Crippen LogP) is 1.62. The first kappa shape index (κ1) is 16.9. The van der Waals surface area contributed by atoms with E-state index in [1.54, 1.807) is 0 Å². The second-order valence-electron chi connectivity index (χ2n) is 6.39. The zero-order valence-electron chi connectivity index (χ0n) is 13.3. The third kappa shape index (κ3) is 5.03. The lowest BCUT2D eigenvalue weighted by Crippen LogP contribution is -2.56. The Kier molecular flexibility index (Phi) is 6.74. The molecule has 4 atom stereocenters. The SMILES string of the molecule is CCCNC(C)(CO)CC(C)N1CC(C)OCC1C. The van der Waals surface area contributed by atoms with E-state index in [0.717, 1.165) is 32.5 Å². The Bertz CT molecular complexity index is 263. The molecule has 4 heteroatoms. The van der Waals surface area contributed by atoms with Crippen LogP contribution in [0.1, 0.15) is 47.5 Å². The van der Waals surface area contributed by atoms with Crippen LogP contribution in [0.5, 0.6) is 0 Å². The van der Waals surface area contributed by atoms with Crippen molar-refractivity contribution < 1.29 is 9.84 Å². The smallest absolute Gasteiger partial charge is 0.0674 e. The second kappa shape index (κ2) is 7.58. The van der Waals surface area contributed by atoms with Crippen molar-refractivity contribution >= 4 is 0 Å². The van der Waals surface area contributed by atoms with Gasteiger partial charge in [-0.25, -0.2) is 0 Å². The summed E-state index contributed by atoms with van der Waals surface area (Å²) < 4.78 is 5.69. The number of rotatable bonds is 7. The van der Waals surface area contributed by atoms with Crippen molar-refractivity contribution in [3.8, 4) is 0 Å². The van der Waals surface area contributed by atoms with Gasteiger partial charge in [0.25, 0.3) is 0 Å². The van der Waals surface area contributed by atoms with Crippen molar-refractivity contribution in [3.63, 3.8) is 0 Å². The van der Waals surface area contributed by atoms with Crippen molar-refractivity contribution in [3.05, 3.63) is 0 Å². The number of aliphatic hydroxyl groups excluding tert-OH is 1. The summed E-state index contributed by atoms with van der Waals surface area (Å²) in [5, 5.41) is 13.2. The van der Waals surface area contributed by atoms with Crippen molar-refractivity contribution in [1.29, 1.82) is 0 Å². The largest absolute Gasteiger partial charge is 0.394 e. The zero-order chi connectivity index (χ0) is 14.5. The van der Waals surface area contributed by atoms with Gasteiger partial charge in [0, 0.05) is 24.2 Å². The first-order chi connectivity index (χ1) is 8.91. The number of hydrogen-bond donors (Lipinski definition) is 2. The average molecular weight is 272 g/mol. The van der Waals surface area contributed by atoms with Crippen LogP contribution in [0.3, 0.4) is 0 Å². The maximum absolute atomic E-state index is 9.67. The molecule has 4 unspecified atom stereocenters. The molecule has 0 amide bonds. The van der Waals surface area contributed by atoms with E-state index >= 15 is 0 Å². The Balaban J connectivity index is 2.57. The monoisotopic (exact) mass is 272 g/mol. The molecule has 114 valence electrons. The highest BCUT2D eigenvalue weighted by atomic mass is 16.5. The van der Waals surface area contributed by atoms with E-state index < -0.39 is 0 Å². The minimum absolute atomic E-state index is 0.184. The predicted molar refractivity (Wildman–Crippen MR) is 79.4 cm³/mol. The van der Waals surface area contributed by atoms with Crippen LogP contribution >= 0.6 is 0 Å². The van der Waals surface area contributed by atoms with Gasteiger partial charge in [-0.1, -0.05) is 6.92 Å². The van der Waals surface area contributed by atoms with Crippen LogP contribution in [0, 0.1) is 0 Å². The van der Waals surface area contributed by atoms with E-state index in [2.05, 4.69) is 44.8 Å². The van der Waals surface area contributed by atoms with Gasteiger partial charge in [-0.05, 0) is 47.1 Å². The fourth-order valence-corrected chi connectivity index (χ4v) is 2.93. The molecule has 1 aliphatic heterocycles. The van der Waals surface area contributed by atoms with Gasteiger partial charge in [-0.15, -0.1) is 0 Å². The minimum atomic E-state index is -0.184. The van der Waals surface area contributed by atoms with Gasteiger partial charge < -0.3 is 15.2 Å². The number of nitrogens with zero attached hydrogens (tertiary/aromatic N) is 1. The lowest BCUT2D eigenvalue weighted by Gasteiger charge is -2.43. The molecule has 0 bridgehead atoms. The molecule has 2 N–H and O–H groups in total. The van der Waals surface area contributed by atoms with Gasteiger partial charge in [-0.3, -0.25) is 4.90 Å². The van der Waals surface area contributed by atoms with Gasteiger partial charge in [0.2, 0.25) is 0 Å². The second-order valence-corrected chi connectivity index (χ2v) is 6.39. The van der Waals surface area contributed by atoms with Gasteiger partial charge in [-0.2, -0.15) is 0 Å². The van der Waals surface area contributed by atoms with Gasteiger partial charge in [0.05, 0.1) is 19.3 Å². The molecular formula is C15H32N2O2.